The van der Waals surface area contributed by atoms with Crippen LogP contribution in [-0.4, -0.2) is 38.0 Å². The van der Waals surface area contributed by atoms with Crippen molar-refractivity contribution in [3.05, 3.63) is 29.8 Å². The molecule has 0 radical (unpaired) electrons. The molecule has 1 aliphatic rings. The lowest BCUT2D eigenvalue weighted by molar-refractivity contribution is -0.122. The largest absolute Gasteiger partial charge is 0.326 e. The average molecular weight is 290 g/mol. The van der Waals surface area contributed by atoms with Gasteiger partial charge in [-0.15, -0.1) is 0 Å². The molecule has 1 aliphatic heterocycles. The number of carbonyl (C=O) groups excluding carboxylic acids is 1. The second-order valence-corrected chi connectivity index (χ2v) is 6.38. The van der Waals surface area contributed by atoms with Crippen LogP contribution in [0.4, 0.5) is 14.5 Å². The van der Waals surface area contributed by atoms with Crippen LogP contribution in [0.25, 0.3) is 0 Å². The van der Waals surface area contributed by atoms with E-state index in [-0.39, 0.29) is 18.8 Å². The maximum absolute atomic E-state index is 12.9. The number of benzene rings is 1. The van der Waals surface area contributed by atoms with Gasteiger partial charge in [0.1, 0.15) is 0 Å². The molecule has 1 aromatic rings. The third-order valence-corrected chi connectivity index (χ3v) is 4.11. The second kappa shape index (κ2) is 4.86. The number of hydrogen-bond donors (Lipinski definition) is 1. The molecule has 8 heteroatoms. The Morgan fingerprint density at radius 2 is 1.95 bits per heavy atom. The van der Waals surface area contributed by atoms with Crippen LogP contribution >= 0.6 is 0 Å². The fourth-order valence-corrected chi connectivity index (χ4v) is 2.59. The molecule has 1 fully saturated rings. The highest BCUT2D eigenvalue weighted by Gasteiger charge is 2.37. The fraction of sp³-hybridized carbons (Fsp3) is 0.364. The molecule has 0 aromatic heterocycles. The van der Waals surface area contributed by atoms with Crippen molar-refractivity contribution in [3.63, 3.8) is 0 Å². The van der Waals surface area contributed by atoms with Crippen molar-refractivity contribution in [2.24, 2.45) is 5.92 Å². The summed E-state index contributed by atoms with van der Waals surface area (Å²) < 4.78 is 49.0. The lowest BCUT2D eigenvalue weighted by atomic mass is 10.0. The molecule has 5 nitrogen and oxygen atoms in total. The molecule has 0 aliphatic carbocycles. The second-order valence-electron chi connectivity index (χ2n) is 4.40. The monoisotopic (exact) mass is 290 g/mol. The van der Waals surface area contributed by atoms with Crippen LogP contribution in [0.2, 0.25) is 0 Å². The molecule has 1 heterocycles. The van der Waals surface area contributed by atoms with E-state index in [1.807, 2.05) is 0 Å². The van der Waals surface area contributed by atoms with Gasteiger partial charge in [0.25, 0.3) is 0 Å². The molecule has 1 aromatic carbocycles. The van der Waals surface area contributed by atoms with Crippen LogP contribution in [0.5, 0.6) is 0 Å². The van der Waals surface area contributed by atoms with Crippen molar-refractivity contribution in [2.75, 3.05) is 24.7 Å². The van der Waals surface area contributed by atoms with E-state index in [4.69, 9.17) is 0 Å². The Morgan fingerprint density at radius 1 is 1.32 bits per heavy atom. The Bertz CT molecular complexity index is 612. The van der Waals surface area contributed by atoms with E-state index in [1.165, 1.54) is 10.4 Å². The minimum absolute atomic E-state index is 0.105. The van der Waals surface area contributed by atoms with Gasteiger partial charge in [-0.3, -0.25) is 4.79 Å². The highest BCUT2D eigenvalue weighted by Crippen LogP contribution is 2.21. The molecule has 19 heavy (non-hydrogen) atoms. The van der Waals surface area contributed by atoms with E-state index >= 15 is 0 Å². The van der Waals surface area contributed by atoms with Crippen molar-refractivity contribution in [1.82, 2.24) is 4.31 Å². The molecule has 1 N–H and O–H groups in total. The van der Waals surface area contributed by atoms with Gasteiger partial charge in [-0.25, -0.2) is 21.5 Å². The van der Waals surface area contributed by atoms with E-state index in [0.29, 0.717) is 0 Å². The lowest BCUT2D eigenvalue weighted by Gasteiger charge is -2.35. The van der Waals surface area contributed by atoms with Crippen molar-refractivity contribution >= 4 is 21.6 Å². The van der Waals surface area contributed by atoms with Gasteiger partial charge in [0.05, 0.1) is 12.2 Å². The summed E-state index contributed by atoms with van der Waals surface area (Å²) in [5, 5.41) is 2.42. The quantitative estimate of drug-likeness (QED) is 0.895. The van der Waals surface area contributed by atoms with Gasteiger partial charge in [-0.2, -0.15) is 0 Å². The van der Waals surface area contributed by atoms with E-state index in [0.717, 1.165) is 18.4 Å². The Labute approximate surface area is 109 Å². The summed E-state index contributed by atoms with van der Waals surface area (Å²) in [5.41, 5.74) is 0.140. The molecule has 0 saturated carbocycles. The standard InChI is InChI=1S/C11H12F2N2O3S/c1-19(17,18)15-5-7(6-15)11(16)14-8-2-3-9(12)10(13)4-8/h2-4,7H,5-6H2,1H3,(H,14,16). The smallest absolute Gasteiger partial charge is 0.230 e. The fourth-order valence-electron chi connectivity index (χ4n) is 1.69. The van der Waals surface area contributed by atoms with Crippen LogP contribution in [0.15, 0.2) is 18.2 Å². The molecule has 0 bridgehead atoms. The van der Waals surface area contributed by atoms with Gasteiger partial charge in [0, 0.05) is 24.8 Å². The SMILES string of the molecule is CS(=O)(=O)N1CC(C(=O)Nc2ccc(F)c(F)c2)C1. The highest BCUT2D eigenvalue weighted by atomic mass is 32.2. The van der Waals surface area contributed by atoms with E-state index < -0.39 is 33.5 Å². The Morgan fingerprint density at radius 3 is 2.47 bits per heavy atom. The number of sulfonamides is 1. The summed E-state index contributed by atoms with van der Waals surface area (Å²) in [7, 11) is -3.27. The summed E-state index contributed by atoms with van der Waals surface area (Å²) in [5.74, 6) is -2.93. The van der Waals surface area contributed by atoms with Crippen molar-refractivity contribution in [1.29, 1.82) is 0 Å². The third-order valence-electron chi connectivity index (χ3n) is 2.87. The zero-order valence-electron chi connectivity index (χ0n) is 10.1. The summed E-state index contributed by atoms with van der Waals surface area (Å²) >= 11 is 0. The molecule has 0 unspecified atom stereocenters. The van der Waals surface area contributed by atoms with Crippen LogP contribution in [0.1, 0.15) is 0 Å². The first kappa shape index (κ1) is 13.9. The van der Waals surface area contributed by atoms with E-state index in [9.17, 15) is 22.0 Å². The number of anilines is 1. The minimum Gasteiger partial charge on any atom is -0.326 e. The van der Waals surface area contributed by atoms with Crippen LogP contribution in [-0.2, 0) is 14.8 Å². The molecule has 0 spiro atoms. The average Bonchev–Trinajstić information content (AvgIpc) is 2.19. The zero-order valence-corrected chi connectivity index (χ0v) is 10.9. The van der Waals surface area contributed by atoms with E-state index in [2.05, 4.69) is 5.32 Å². The van der Waals surface area contributed by atoms with Gasteiger partial charge in [0.15, 0.2) is 11.6 Å². The molecular formula is C11H12F2N2O3S. The lowest BCUT2D eigenvalue weighted by Crippen LogP contribution is -2.53. The van der Waals surface area contributed by atoms with E-state index in [1.54, 1.807) is 0 Å². The van der Waals surface area contributed by atoms with Gasteiger partial charge >= 0.3 is 0 Å². The predicted octanol–water partition coefficient (Wildman–Crippen LogP) is 0.795. The summed E-state index contributed by atoms with van der Waals surface area (Å²) in [6, 6.07) is 3.03. The van der Waals surface area contributed by atoms with Crippen LogP contribution in [0, 0.1) is 17.6 Å². The number of halogens is 2. The summed E-state index contributed by atoms with van der Waals surface area (Å²) in [4.78, 5) is 11.7. The predicted molar refractivity (Wildman–Crippen MR) is 64.9 cm³/mol. The molecule has 0 atom stereocenters. The Balaban J connectivity index is 1.94. The zero-order chi connectivity index (χ0) is 14.2. The summed E-state index contributed by atoms with van der Waals surface area (Å²) in [6.07, 6.45) is 1.07. The number of carbonyl (C=O) groups is 1. The number of amides is 1. The first-order chi connectivity index (χ1) is 8.77. The first-order valence-electron chi connectivity index (χ1n) is 5.48. The molecule has 1 amide bonds. The Kier molecular flexibility index (Phi) is 3.55. The molecule has 104 valence electrons. The van der Waals surface area contributed by atoms with Crippen LogP contribution < -0.4 is 5.32 Å². The van der Waals surface area contributed by atoms with Crippen molar-refractivity contribution in [2.45, 2.75) is 0 Å². The summed E-state index contributed by atoms with van der Waals surface area (Å²) in [6.45, 7) is 0.211. The van der Waals surface area contributed by atoms with Crippen molar-refractivity contribution < 1.29 is 22.0 Å². The minimum atomic E-state index is -3.27. The number of hydrogen-bond acceptors (Lipinski definition) is 3. The normalized spacial score (nSPS) is 17.0. The maximum Gasteiger partial charge on any atom is 0.230 e. The van der Waals surface area contributed by atoms with Gasteiger partial charge in [-0.1, -0.05) is 0 Å². The molecular weight excluding hydrogens is 278 g/mol. The van der Waals surface area contributed by atoms with Gasteiger partial charge in [-0.05, 0) is 12.1 Å². The third kappa shape index (κ3) is 3.07. The number of nitrogens with one attached hydrogen (secondary N) is 1. The Hall–Kier alpha value is -1.54. The molecule has 2 rings (SSSR count). The van der Waals surface area contributed by atoms with Gasteiger partial charge < -0.3 is 5.32 Å². The van der Waals surface area contributed by atoms with Crippen LogP contribution in [0.3, 0.4) is 0 Å². The number of rotatable bonds is 3. The topological polar surface area (TPSA) is 66.5 Å². The maximum atomic E-state index is 12.9. The highest BCUT2D eigenvalue weighted by molar-refractivity contribution is 7.88. The van der Waals surface area contributed by atoms with Gasteiger partial charge in [0.2, 0.25) is 15.9 Å². The number of nitrogens with zero attached hydrogens (tertiary/aromatic N) is 1. The van der Waals surface area contributed by atoms with Crippen molar-refractivity contribution in [3.8, 4) is 0 Å². The molecule has 1 saturated heterocycles. The first-order valence-corrected chi connectivity index (χ1v) is 7.33.